The number of aliphatic carboxylic acids is 1. The lowest BCUT2D eigenvalue weighted by molar-refractivity contribution is -0.140. The lowest BCUT2D eigenvalue weighted by Crippen LogP contribution is -2.27. The van der Waals surface area contributed by atoms with Crippen molar-refractivity contribution in [2.24, 2.45) is 0 Å². The molecular formula is C10H10FNO3. The minimum atomic E-state index is -1.19. The van der Waals surface area contributed by atoms with Gasteiger partial charge in [0.15, 0.2) is 6.04 Å². The Morgan fingerprint density at radius 1 is 1.60 bits per heavy atom. The zero-order valence-electron chi connectivity index (χ0n) is 8.03. The minimum Gasteiger partial charge on any atom is -0.479 e. The molecule has 0 aromatic heterocycles. The Labute approximate surface area is 85.7 Å². The van der Waals surface area contributed by atoms with Crippen LogP contribution in [0.15, 0.2) is 18.2 Å². The van der Waals surface area contributed by atoms with E-state index in [1.165, 1.54) is 25.1 Å². The van der Waals surface area contributed by atoms with E-state index < -0.39 is 17.8 Å². The molecule has 0 spiro atoms. The number of amides is 1. The Bertz CT molecular complexity index is 392. The van der Waals surface area contributed by atoms with Gasteiger partial charge in [0.1, 0.15) is 5.82 Å². The van der Waals surface area contributed by atoms with Crippen molar-refractivity contribution in [3.05, 3.63) is 35.1 Å². The average Bonchev–Trinajstić information content (AvgIpc) is 2.18. The number of hydrogen-bond donors (Lipinski definition) is 2. The highest BCUT2D eigenvalue weighted by atomic mass is 19.1. The van der Waals surface area contributed by atoms with Crippen LogP contribution in [-0.4, -0.2) is 17.5 Å². The standard InChI is InChI=1S/C10H10FNO3/c1-6-4-7(2-3-8(6)11)9(10(14)15)12-5-13/h2-5,9H,1H3,(H,12,13)(H,14,15). The van der Waals surface area contributed by atoms with E-state index in [9.17, 15) is 14.0 Å². The van der Waals surface area contributed by atoms with E-state index in [2.05, 4.69) is 5.32 Å². The lowest BCUT2D eigenvalue weighted by atomic mass is 10.0. The molecule has 0 radical (unpaired) electrons. The predicted molar refractivity (Wildman–Crippen MR) is 50.7 cm³/mol. The topological polar surface area (TPSA) is 66.4 Å². The summed E-state index contributed by atoms with van der Waals surface area (Å²) in [5.41, 5.74) is 0.681. The van der Waals surface area contributed by atoms with Crippen molar-refractivity contribution in [3.8, 4) is 0 Å². The van der Waals surface area contributed by atoms with Crippen LogP contribution in [0.3, 0.4) is 0 Å². The number of nitrogens with one attached hydrogen (secondary N) is 1. The van der Waals surface area contributed by atoms with E-state index in [0.717, 1.165) is 0 Å². The van der Waals surface area contributed by atoms with Crippen LogP contribution in [-0.2, 0) is 9.59 Å². The summed E-state index contributed by atoms with van der Waals surface area (Å²) in [5.74, 6) is -1.60. The van der Waals surface area contributed by atoms with Crippen LogP contribution in [0.4, 0.5) is 4.39 Å². The van der Waals surface area contributed by atoms with Crippen molar-refractivity contribution in [1.82, 2.24) is 5.32 Å². The van der Waals surface area contributed by atoms with Gasteiger partial charge in [-0.1, -0.05) is 12.1 Å². The van der Waals surface area contributed by atoms with Crippen molar-refractivity contribution in [1.29, 1.82) is 0 Å². The van der Waals surface area contributed by atoms with Crippen LogP contribution < -0.4 is 5.32 Å². The Kier molecular flexibility index (Phi) is 3.38. The molecule has 1 unspecified atom stereocenters. The highest BCUT2D eigenvalue weighted by Crippen LogP contribution is 2.16. The average molecular weight is 211 g/mol. The first-order valence-corrected chi connectivity index (χ1v) is 4.25. The molecule has 5 heteroatoms. The van der Waals surface area contributed by atoms with Gasteiger partial charge in [0.2, 0.25) is 6.41 Å². The van der Waals surface area contributed by atoms with Crippen LogP contribution in [0.5, 0.6) is 0 Å². The van der Waals surface area contributed by atoms with Crippen LogP contribution in [0.1, 0.15) is 17.2 Å². The molecule has 15 heavy (non-hydrogen) atoms. The van der Waals surface area contributed by atoms with Gasteiger partial charge in [-0.15, -0.1) is 0 Å². The van der Waals surface area contributed by atoms with Crippen LogP contribution in [0.25, 0.3) is 0 Å². The molecule has 1 aromatic rings. The highest BCUT2D eigenvalue weighted by Gasteiger charge is 2.19. The number of hydrogen-bond acceptors (Lipinski definition) is 2. The number of carboxylic acid groups (broad SMARTS) is 1. The van der Waals surface area contributed by atoms with Crippen molar-refractivity contribution in [2.75, 3.05) is 0 Å². The van der Waals surface area contributed by atoms with Gasteiger partial charge < -0.3 is 10.4 Å². The second-order valence-electron chi connectivity index (χ2n) is 3.06. The largest absolute Gasteiger partial charge is 0.479 e. The number of carboxylic acids is 1. The summed E-state index contributed by atoms with van der Waals surface area (Å²) in [6.45, 7) is 1.53. The highest BCUT2D eigenvalue weighted by molar-refractivity contribution is 5.78. The molecule has 4 nitrogen and oxygen atoms in total. The minimum absolute atomic E-state index is 0.303. The molecule has 0 aliphatic heterocycles. The zero-order chi connectivity index (χ0) is 11.4. The molecule has 1 atom stereocenters. The van der Waals surface area contributed by atoms with Gasteiger partial charge in [0.05, 0.1) is 0 Å². The second-order valence-corrected chi connectivity index (χ2v) is 3.06. The fourth-order valence-corrected chi connectivity index (χ4v) is 1.23. The molecule has 0 saturated carbocycles. The molecule has 1 aromatic carbocycles. The van der Waals surface area contributed by atoms with Gasteiger partial charge >= 0.3 is 5.97 Å². The monoisotopic (exact) mass is 211 g/mol. The number of benzene rings is 1. The van der Waals surface area contributed by atoms with Gasteiger partial charge in [0.25, 0.3) is 0 Å². The molecule has 0 saturated heterocycles. The maximum Gasteiger partial charge on any atom is 0.330 e. The summed E-state index contributed by atoms with van der Waals surface area (Å²) >= 11 is 0. The maximum absolute atomic E-state index is 12.9. The number of halogens is 1. The SMILES string of the molecule is Cc1cc(C(NC=O)C(=O)O)ccc1F. The number of carbonyl (C=O) groups is 2. The van der Waals surface area contributed by atoms with E-state index >= 15 is 0 Å². The smallest absolute Gasteiger partial charge is 0.330 e. The quantitative estimate of drug-likeness (QED) is 0.730. The van der Waals surface area contributed by atoms with E-state index in [-0.39, 0.29) is 0 Å². The van der Waals surface area contributed by atoms with E-state index in [0.29, 0.717) is 17.5 Å². The van der Waals surface area contributed by atoms with Gasteiger partial charge in [-0.2, -0.15) is 0 Å². The molecule has 0 bridgehead atoms. The summed E-state index contributed by atoms with van der Waals surface area (Å²) in [5, 5.41) is 10.9. The molecule has 0 aliphatic carbocycles. The third-order valence-corrected chi connectivity index (χ3v) is 2.00. The van der Waals surface area contributed by atoms with Crippen LogP contribution in [0.2, 0.25) is 0 Å². The Hall–Kier alpha value is -1.91. The van der Waals surface area contributed by atoms with Gasteiger partial charge in [0, 0.05) is 0 Å². The fraction of sp³-hybridized carbons (Fsp3) is 0.200. The van der Waals surface area contributed by atoms with Gasteiger partial charge in [-0.25, -0.2) is 9.18 Å². The van der Waals surface area contributed by atoms with Crippen molar-refractivity contribution >= 4 is 12.4 Å². The van der Waals surface area contributed by atoms with E-state index in [4.69, 9.17) is 5.11 Å². The van der Waals surface area contributed by atoms with Gasteiger partial charge in [-0.05, 0) is 24.1 Å². The summed E-state index contributed by atoms with van der Waals surface area (Å²) in [6, 6.07) is 2.76. The second kappa shape index (κ2) is 4.54. The number of rotatable bonds is 4. The summed E-state index contributed by atoms with van der Waals surface area (Å²) in [4.78, 5) is 21.0. The van der Waals surface area contributed by atoms with Crippen molar-refractivity contribution < 1.29 is 19.1 Å². The van der Waals surface area contributed by atoms with Crippen LogP contribution in [0, 0.1) is 12.7 Å². The third kappa shape index (κ3) is 2.52. The Balaban J connectivity index is 3.06. The molecule has 0 heterocycles. The predicted octanol–water partition coefficient (Wildman–Crippen LogP) is 1.01. The number of aryl methyl sites for hydroxylation is 1. The van der Waals surface area contributed by atoms with E-state index in [1.54, 1.807) is 0 Å². The van der Waals surface area contributed by atoms with E-state index in [1.807, 2.05) is 0 Å². The Morgan fingerprint density at radius 3 is 2.73 bits per heavy atom. The maximum atomic E-state index is 12.9. The van der Waals surface area contributed by atoms with Crippen molar-refractivity contribution in [2.45, 2.75) is 13.0 Å². The third-order valence-electron chi connectivity index (χ3n) is 2.00. The van der Waals surface area contributed by atoms with Gasteiger partial charge in [-0.3, -0.25) is 4.79 Å². The number of carbonyl (C=O) groups excluding carboxylic acids is 1. The molecule has 0 aliphatic rings. The lowest BCUT2D eigenvalue weighted by Gasteiger charge is -2.12. The molecule has 0 fully saturated rings. The van der Waals surface area contributed by atoms with Crippen LogP contribution >= 0.6 is 0 Å². The molecule has 1 amide bonds. The zero-order valence-corrected chi connectivity index (χ0v) is 8.03. The summed E-state index contributed by atoms with van der Waals surface area (Å²) in [6.07, 6.45) is 0.303. The first kappa shape index (κ1) is 11.2. The normalized spacial score (nSPS) is 11.9. The van der Waals surface area contributed by atoms with Crippen molar-refractivity contribution in [3.63, 3.8) is 0 Å². The summed E-state index contributed by atoms with van der Waals surface area (Å²) in [7, 11) is 0. The molecule has 80 valence electrons. The molecular weight excluding hydrogens is 201 g/mol. The molecule has 2 N–H and O–H groups in total. The first-order chi connectivity index (χ1) is 7.06. The first-order valence-electron chi connectivity index (χ1n) is 4.25. The fourth-order valence-electron chi connectivity index (χ4n) is 1.23. The Morgan fingerprint density at radius 2 is 2.27 bits per heavy atom. The molecule has 1 rings (SSSR count). The summed E-state index contributed by atoms with van der Waals surface area (Å²) < 4.78 is 12.9.